The molecule has 0 bridgehead atoms. The van der Waals surface area contributed by atoms with Crippen LogP contribution in [0.15, 0.2) is 23.1 Å². The minimum absolute atomic E-state index is 0.0719. The van der Waals surface area contributed by atoms with Gasteiger partial charge in [0.1, 0.15) is 0 Å². The first-order valence-electron chi connectivity index (χ1n) is 8.87. The van der Waals surface area contributed by atoms with Gasteiger partial charge in [-0.1, -0.05) is 12.5 Å². The second kappa shape index (κ2) is 8.64. The number of nitrogens with one attached hydrogen (secondary N) is 1. The largest absolute Gasteiger partial charge is 0.449 e. The zero-order valence-electron chi connectivity index (χ0n) is 15.4. The zero-order valence-corrected chi connectivity index (χ0v) is 16.3. The Morgan fingerprint density at radius 3 is 2.50 bits per heavy atom. The van der Waals surface area contributed by atoms with Crippen molar-refractivity contribution in [2.24, 2.45) is 0 Å². The van der Waals surface area contributed by atoms with E-state index in [1.54, 1.807) is 19.9 Å². The molecular formula is C18H26N2O5S. The number of carbonyl (C=O) groups excluding carboxylic acids is 2. The van der Waals surface area contributed by atoms with Gasteiger partial charge >= 0.3 is 5.97 Å². The Bertz CT molecular complexity index is 770. The average Bonchev–Trinajstić information content (AvgIpc) is 2.62. The van der Waals surface area contributed by atoms with Crippen LogP contribution in [-0.2, 0) is 19.6 Å². The van der Waals surface area contributed by atoms with E-state index in [4.69, 9.17) is 4.74 Å². The standard InChI is InChI=1S/C18H26N2O5S/c1-4-19-17(21)14(3)25-18(22)16-12-15(9-8-13(16)2)26(23,24)20-10-6-5-7-11-20/h8-9,12,14H,4-7,10-11H2,1-3H3,(H,19,21)/t14-/m1/s1. The van der Waals surface area contributed by atoms with Crippen molar-refractivity contribution in [3.8, 4) is 0 Å². The molecule has 2 rings (SSSR count). The molecule has 1 aliphatic heterocycles. The SMILES string of the molecule is CCNC(=O)[C@@H](C)OC(=O)c1cc(S(=O)(=O)N2CCCCC2)ccc1C. The van der Waals surface area contributed by atoms with Crippen molar-refractivity contribution < 1.29 is 22.7 Å². The van der Waals surface area contributed by atoms with Crippen molar-refractivity contribution in [2.75, 3.05) is 19.6 Å². The Labute approximate surface area is 154 Å². The maximum atomic E-state index is 12.8. The van der Waals surface area contributed by atoms with Crippen molar-refractivity contribution in [3.05, 3.63) is 29.3 Å². The number of sulfonamides is 1. The summed E-state index contributed by atoms with van der Waals surface area (Å²) in [7, 11) is -3.64. The molecule has 1 aromatic carbocycles. The van der Waals surface area contributed by atoms with Crippen LogP contribution in [0, 0.1) is 6.92 Å². The fraction of sp³-hybridized carbons (Fsp3) is 0.556. The van der Waals surface area contributed by atoms with Crippen LogP contribution in [0.2, 0.25) is 0 Å². The third-order valence-corrected chi connectivity index (χ3v) is 6.28. The summed E-state index contributed by atoms with van der Waals surface area (Å²) >= 11 is 0. The Kier molecular flexibility index (Phi) is 6.77. The number of rotatable bonds is 6. The quantitative estimate of drug-likeness (QED) is 0.758. The van der Waals surface area contributed by atoms with Crippen LogP contribution >= 0.6 is 0 Å². The summed E-state index contributed by atoms with van der Waals surface area (Å²) in [6.07, 6.45) is 1.74. The maximum absolute atomic E-state index is 12.8. The molecule has 1 amide bonds. The molecule has 0 radical (unpaired) electrons. The number of ether oxygens (including phenoxy) is 1. The van der Waals surface area contributed by atoms with Crippen LogP contribution in [0.25, 0.3) is 0 Å². The topological polar surface area (TPSA) is 92.8 Å². The summed E-state index contributed by atoms with van der Waals surface area (Å²) in [5.41, 5.74) is 0.745. The van der Waals surface area contributed by atoms with Gasteiger partial charge in [0, 0.05) is 19.6 Å². The van der Waals surface area contributed by atoms with Gasteiger partial charge in [-0.3, -0.25) is 4.79 Å². The summed E-state index contributed by atoms with van der Waals surface area (Å²) in [5.74, 6) is -1.10. The van der Waals surface area contributed by atoms with Crippen molar-refractivity contribution in [2.45, 2.75) is 51.0 Å². The lowest BCUT2D eigenvalue weighted by atomic mass is 10.1. The third kappa shape index (κ3) is 4.62. The van der Waals surface area contributed by atoms with E-state index in [9.17, 15) is 18.0 Å². The number of hydrogen-bond donors (Lipinski definition) is 1. The molecule has 7 nitrogen and oxygen atoms in total. The lowest BCUT2D eigenvalue weighted by molar-refractivity contribution is -0.128. The monoisotopic (exact) mass is 382 g/mol. The van der Waals surface area contributed by atoms with Gasteiger partial charge in [0.05, 0.1) is 10.5 Å². The van der Waals surface area contributed by atoms with Crippen LogP contribution in [0.4, 0.5) is 0 Å². The highest BCUT2D eigenvalue weighted by atomic mass is 32.2. The number of amides is 1. The lowest BCUT2D eigenvalue weighted by Crippen LogP contribution is -2.36. The number of esters is 1. The molecule has 1 atom stereocenters. The van der Waals surface area contributed by atoms with E-state index in [0.29, 0.717) is 25.2 Å². The van der Waals surface area contributed by atoms with E-state index in [0.717, 1.165) is 19.3 Å². The molecule has 1 heterocycles. The molecular weight excluding hydrogens is 356 g/mol. The molecule has 144 valence electrons. The van der Waals surface area contributed by atoms with Gasteiger partial charge in [-0.15, -0.1) is 0 Å². The van der Waals surface area contributed by atoms with Crippen molar-refractivity contribution in [1.82, 2.24) is 9.62 Å². The first-order valence-corrected chi connectivity index (χ1v) is 10.3. The molecule has 1 fully saturated rings. The van der Waals surface area contributed by atoms with Crippen molar-refractivity contribution in [3.63, 3.8) is 0 Å². The van der Waals surface area contributed by atoms with Gasteiger partial charge < -0.3 is 10.1 Å². The smallest absolute Gasteiger partial charge is 0.339 e. The molecule has 1 N–H and O–H groups in total. The maximum Gasteiger partial charge on any atom is 0.339 e. The minimum atomic E-state index is -3.64. The summed E-state index contributed by atoms with van der Waals surface area (Å²) in [6.45, 7) is 6.36. The predicted molar refractivity (Wildman–Crippen MR) is 97.4 cm³/mol. The molecule has 0 aliphatic carbocycles. The zero-order chi connectivity index (χ0) is 19.3. The second-order valence-corrected chi connectivity index (χ2v) is 8.32. The Balaban J connectivity index is 2.23. The van der Waals surface area contributed by atoms with E-state index in [2.05, 4.69) is 5.32 Å². The summed E-state index contributed by atoms with van der Waals surface area (Å²) in [6, 6.07) is 4.43. The fourth-order valence-corrected chi connectivity index (χ4v) is 4.38. The van der Waals surface area contributed by atoms with E-state index in [1.807, 2.05) is 0 Å². The fourth-order valence-electron chi connectivity index (χ4n) is 2.83. The Morgan fingerprint density at radius 1 is 1.23 bits per heavy atom. The third-order valence-electron chi connectivity index (χ3n) is 4.39. The Morgan fingerprint density at radius 2 is 1.88 bits per heavy atom. The molecule has 0 saturated carbocycles. The number of benzene rings is 1. The molecule has 26 heavy (non-hydrogen) atoms. The highest BCUT2D eigenvalue weighted by Crippen LogP contribution is 2.23. The molecule has 8 heteroatoms. The van der Waals surface area contributed by atoms with Gasteiger partial charge in [0.25, 0.3) is 5.91 Å². The highest BCUT2D eigenvalue weighted by molar-refractivity contribution is 7.89. The summed E-state index contributed by atoms with van der Waals surface area (Å²) < 4.78 is 32.2. The van der Waals surface area contributed by atoms with E-state index >= 15 is 0 Å². The van der Waals surface area contributed by atoms with Gasteiger partial charge in [-0.2, -0.15) is 4.31 Å². The molecule has 0 spiro atoms. The van der Waals surface area contributed by atoms with Gasteiger partial charge in [0.15, 0.2) is 6.10 Å². The number of hydrogen-bond acceptors (Lipinski definition) is 5. The average molecular weight is 382 g/mol. The van der Waals surface area contributed by atoms with E-state index < -0.39 is 28.0 Å². The molecule has 0 unspecified atom stereocenters. The van der Waals surface area contributed by atoms with Gasteiger partial charge in [-0.25, -0.2) is 13.2 Å². The summed E-state index contributed by atoms with van der Waals surface area (Å²) in [4.78, 5) is 24.2. The van der Waals surface area contributed by atoms with Crippen LogP contribution < -0.4 is 5.32 Å². The van der Waals surface area contributed by atoms with Crippen molar-refractivity contribution >= 4 is 21.9 Å². The van der Waals surface area contributed by atoms with Crippen LogP contribution in [-0.4, -0.2) is 50.3 Å². The normalized spacial score (nSPS) is 16.7. The van der Waals surface area contributed by atoms with Crippen molar-refractivity contribution in [1.29, 1.82) is 0 Å². The first kappa shape index (κ1) is 20.4. The number of piperidine rings is 1. The number of aryl methyl sites for hydroxylation is 1. The van der Waals surface area contributed by atoms with Crippen LogP contribution in [0.1, 0.15) is 49.0 Å². The van der Waals surface area contributed by atoms with Gasteiger partial charge in [0.2, 0.25) is 10.0 Å². The number of likely N-dealkylation sites (N-methyl/N-ethyl adjacent to an activating group) is 1. The highest BCUT2D eigenvalue weighted by Gasteiger charge is 2.28. The first-order chi connectivity index (χ1) is 12.3. The number of carbonyl (C=O) groups is 2. The van der Waals surface area contributed by atoms with Crippen LogP contribution in [0.3, 0.4) is 0 Å². The van der Waals surface area contributed by atoms with E-state index in [1.165, 1.54) is 23.4 Å². The minimum Gasteiger partial charge on any atom is -0.449 e. The van der Waals surface area contributed by atoms with Crippen LogP contribution in [0.5, 0.6) is 0 Å². The Hall–Kier alpha value is -1.93. The molecule has 1 aromatic rings. The molecule has 1 aliphatic rings. The summed E-state index contributed by atoms with van der Waals surface area (Å²) in [5, 5.41) is 2.58. The molecule has 0 aromatic heterocycles. The second-order valence-electron chi connectivity index (χ2n) is 6.38. The molecule has 1 saturated heterocycles. The number of nitrogens with zero attached hydrogens (tertiary/aromatic N) is 1. The van der Waals surface area contributed by atoms with E-state index in [-0.39, 0.29) is 10.5 Å². The predicted octanol–water partition coefficient (Wildman–Crippen LogP) is 1.85. The van der Waals surface area contributed by atoms with Gasteiger partial charge in [-0.05, 0) is 51.3 Å². The lowest BCUT2D eigenvalue weighted by Gasteiger charge is -2.26.